The largest absolute Gasteiger partial charge is 0.334 e. The topological polar surface area (TPSA) is 55.2 Å². The highest BCUT2D eigenvalue weighted by Gasteiger charge is 2.25. The molecule has 0 saturated heterocycles. The molecule has 1 amide bonds. The first-order valence-corrected chi connectivity index (χ1v) is 8.49. The van der Waals surface area contributed by atoms with Crippen LogP contribution in [0.2, 0.25) is 0 Å². The van der Waals surface area contributed by atoms with Crippen LogP contribution in [-0.4, -0.2) is 33.2 Å². The van der Waals surface area contributed by atoms with Crippen molar-refractivity contribution < 1.29 is 4.79 Å². The van der Waals surface area contributed by atoms with Crippen molar-refractivity contribution >= 4 is 29.0 Å². The molecule has 3 heterocycles. The predicted molar refractivity (Wildman–Crippen MR) is 84.0 cm³/mol. The molecule has 0 aromatic carbocycles. The van der Waals surface area contributed by atoms with Crippen LogP contribution < -0.4 is 5.56 Å². The minimum atomic E-state index is -0.277. The Labute approximate surface area is 130 Å². The minimum Gasteiger partial charge on any atom is -0.334 e. The van der Waals surface area contributed by atoms with E-state index in [4.69, 9.17) is 0 Å². The summed E-state index contributed by atoms with van der Waals surface area (Å²) in [5, 5.41) is 2.68. The van der Waals surface area contributed by atoms with E-state index in [9.17, 15) is 9.59 Å². The summed E-state index contributed by atoms with van der Waals surface area (Å²) in [4.78, 5) is 31.9. The molecule has 21 heavy (non-hydrogen) atoms. The van der Waals surface area contributed by atoms with Gasteiger partial charge in [0, 0.05) is 30.4 Å². The molecule has 0 unspecified atom stereocenters. The highest BCUT2D eigenvalue weighted by molar-refractivity contribution is 7.99. The zero-order chi connectivity index (χ0) is 15.0. The number of hydrogen-bond acceptors (Lipinski definition) is 5. The number of fused-ring (bicyclic) bond motifs is 1. The molecular formula is C14H15N3O2S2. The molecule has 5 nitrogen and oxygen atoms in total. The number of thiophene rings is 1. The lowest BCUT2D eigenvalue weighted by atomic mass is 10.2. The van der Waals surface area contributed by atoms with Crippen molar-refractivity contribution in [1.29, 1.82) is 0 Å². The number of carbonyl (C=O) groups is 1. The van der Waals surface area contributed by atoms with Crippen molar-refractivity contribution in [3.05, 3.63) is 44.5 Å². The van der Waals surface area contributed by atoms with Gasteiger partial charge in [-0.25, -0.2) is 4.98 Å². The van der Waals surface area contributed by atoms with E-state index in [0.29, 0.717) is 11.7 Å². The molecule has 0 radical (unpaired) electrons. The first-order valence-electron chi connectivity index (χ1n) is 6.63. The Kier molecular flexibility index (Phi) is 3.86. The smallest absolute Gasteiger partial charge is 0.267 e. The number of thioether (sulfide) groups is 1. The Balaban J connectivity index is 1.91. The number of rotatable bonds is 3. The van der Waals surface area contributed by atoms with Crippen LogP contribution in [0.25, 0.3) is 0 Å². The molecule has 3 rings (SSSR count). The lowest BCUT2D eigenvalue weighted by molar-refractivity contribution is 0.0741. The Morgan fingerprint density at radius 2 is 2.33 bits per heavy atom. The maximum absolute atomic E-state index is 12.6. The van der Waals surface area contributed by atoms with E-state index in [2.05, 4.69) is 4.98 Å². The molecule has 0 saturated carbocycles. The second-order valence-corrected chi connectivity index (χ2v) is 6.91. The average molecular weight is 321 g/mol. The third-order valence-electron chi connectivity index (χ3n) is 3.64. The average Bonchev–Trinajstić information content (AvgIpc) is 3.16. The van der Waals surface area contributed by atoms with Gasteiger partial charge in [0.25, 0.3) is 11.5 Å². The first-order chi connectivity index (χ1) is 10.1. The quantitative estimate of drug-likeness (QED) is 0.814. The summed E-state index contributed by atoms with van der Waals surface area (Å²) in [5.74, 6) is 0.557. The van der Waals surface area contributed by atoms with Gasteiger partial charge < -0.3 is 4.90 Å². The van der Waals surface area contributed by atoms with Gasteiger partial charge in [-0.1, -0.05) is 17.8 Å². The van der Waals surface area contributed by atoms with Crippen LogP contribution in [0.1, 0.15) is 28.2 Å². The molecule has 0 spiro atoms. The van der Waals surface area contributed by atoms with E-state index in [-0.39, 0.29) is 23.1 Å². The summed E-state index contributed by atoms with van der Waals surface area (Å²) in [7, 11) is 1.72. The second-order valence-electron chi connectivity index (χ2n) is 4.87. The number of aromatic nitrogens is 2. The maximum atomic E-state index is 12.6. The summed E-state index contributed by atoms with van der Waals surface area (Å²) < 4.78 is 1.58. The minimum absolute atomic E-state index is 0.0653. The Bertz CT molecular complexity index is 724. The van der Waals surface area contributed by atoms with Gasteiger partial charge in [-0.15, -0.1) is 11.3 Å². The number of amides is 1. The third kappa shape index (κ3) is 2.51. The highest BCUT2D eigenvalue weighted by atomic mass is 32.2. The second kappa shape index (κ2) is 5.65. The molecule has 2 aromatic heterocycles. The van der Waals surface area contributed by atoms with Gasteiger partial charge in [0.15, 0.2) is 5.16 Å². The Morgan fingerprint density at radius 1 is 1.52 bits per heavy atom. The monoisotopic (exact) mass is 321 g/mol. The summed E-state index contributed by atoms with van der Waals surface area (Å²) >= 11 is 3.14. The zero-order valence-corrected chi connectivity index (χ0v) is 13.4. The van der Waals surface area contributed by atoms with E-state index in [0.717, 1.165) is 10.6 Å². The van der Waals surface area contributed by atoms with Crippen LogP contribution in [0.3, 0.4) is 0 Å². The first kappa shape index (κ1) is 14.3. The molecule has 7 heteroatoms. The van der Waals surface area contributed by atoms with Gasteiger partial charge in [-0.05, 0) is 18.4 Å². The van der Waals surface area contributed by atoms with Crippen LogP contribution >= 0.6 is 23.1 Å². The summed E-state index contributed by atoms with van der Waals surface area (Å²) in [6.45, 7) is 2.58. The molecule has 0 aliphatic carbocycles. The van der Waals surface area contributed by atoms with E-state index in [1.165, 1.54) is 6.20 Å². The predicted octanol–water partition coefficient (Wildman–Crippen LogP) is 2.24. The van der Waals surface area contributed by atoms with Crippen molar-refractivity contribution in [2.75, 3.05) is 12.8 Å². The van der Waals surface area contributed by atoms with E-state index < -0.39 is 0 Å². The van der Waals surface area contributed by atoms with Crippen molar-refractivity contribution in [1.82, 2.24) is 14.5 Å². The highest BCUT2D eigenvalue weighted by Crippen LogP contribution is 2.25. The standard InChI is InChI=1S/C14H15N3O2S2/c1-9(11-4-3-6-20-11)16(2)12(18)10-8-15-14-17(13(10)19)5-7-21-14/h3-4,6,8-9H,5,7H2,1-2H3/t9-/m1/s1. The SMILES string of the molecule is C[C@H](c1cccs1)N(C)C(=O)c1cnc2n(c1=O)CCS2. The van der Waals surface area contributed by atoms with Crippen LogP contribution in [0, 0.1) is 0 Å². The van der Waals surface area contributed by atoms with E-state index in [1.54, 1.807) is 39.6 Å². The lowest BCUT2D eigenvalue weighted by Crippen LogP contribution is -2.36. The third-order valence-corrected chi connectivity index (χ3v) is 5.66. The number of carbonyl (C=O) groups excluding carboxylic acids is 1. The van der Waals surface area contributed by atoms with Gasteiger partial charge in [-0.2, -0.15) is 0 Å². The molecule has 110 valence electrons. The van der Waals surface area contributed by atoms with E-state index >= 15 is 0 Å². The fourth-order valence-electron chi connectivity index (χ4n) is 2.25. The van der Waals surface area contributed by atoms with Crippen molar-refractivity contribution in [3.8, 4) is 0 Å². The fraction of sp³-hybridized carbons (Fsp3) is 0.357. The number of hydrogen-bond donors (Lipinski definition) is 0. The Hall–Kier alpha value is -1.60. The summed E-state index contributed by atoms with van der Waals surface area (Å²) in [6, 6.07) is 3.88. The normalized spacial score (nSPS) is 14.8. The van der Waals surface area contributed by atoms with Gasteiger partial charge in [-0.3, -0.25) is 14.2 Å². The molecule has 0 bridgehead atoms. The molecule has 0 N–H and O–H groups in total. The van der Waals surface area contributed by atoms with Crippen LogP contribution in [0.15, 0.2) is 33.7 Å². The molecule has 1 aliphatic heterocycles. The molecular weight excluding hydrogens is 306 g/mol. The number of nitrogens with zero attached hydrogens (tertiary/aromatic N) is 3. The van der Waals surface area contributed by atoms with Crippen LogP contribution in [-0.2, 0) is 6.54 Å². The maximum Gasteiger partial charge on any atom is 0.267 e. The fourth-order valence-corrected chi connectivity index (χ4v) is 3.99. The van der Waals surface area contributed by atoms with Crippen molar-refractivity contribution in [2.24, 2.45) is 0 Å². The zero-order valence-electron chi connectivity index (χ0n) is 11.8. The van der Waals surface area contributed by atoms with Gasteiger partial charge in [0.1, 0.15) is 5.56 Å². The van der Waals surface area contributed by atoms with Crippen molar-refractivity contribution in [2.45, 2.75) is 24.7 Å². The molecule has 2 aromatic rings. The van der Waals surface area contributed by atoms with Crippen LogP contribution in [0.5, 0.6) is 0 Å². The molecule has 0 fully saturated rings. The van der Waals surface area contributed by atoms with E-state index in [1.807, 2.05) is 24.4 Å². The summed E-state index contributed by atoms with van der Waals surface area (Å²) in [5.41, 5.74) is -0.0904. The molecule has 1 aliphatic rings. The van der Waals surface area contributed by atoms with Crippen LogP contribution in [0.4, 0.5) is 0 Å². The van der Waals surface area contributed by atoms with Crippen molar-refractivity contribution in [3.63, 3.8) is 0 Å². The van der Waals surface area contributed by atoms with Gasteiger partial charge in [0.2, 0.25) is 0 Å². The lowest BCUT2D eigenvalue weighted by Gasteiger charge is -2.24. The van der Waals surface area contributed by atoms with Gasteiger partial charge in [0.05, 0.1) is 6.04 Å². The Morgan fingerprint density at radius 3 is 3.05 bits per heavy atom. The van der Waals surface area contributed by atoms with Gasteiger partial charge >= 0.3 is 0 Å². The summed E-state index contributed by atoms with van der Waals surface area (Å²) in [6.07, 6.45) is 1.41. The molecule has 1 atom stereocenters.